The van der Waals surface area contributed by atoms with Crippen molar-refractivity contribution in [3.05, 3.63) is 213 Å². The summed E-state index contributed by atoms with van der Waals surface area (Å²) in [6.07, 6.45) is 4.83. The second-order valence-corrected chi connectivity index (χ2v) is 36.6. The molecule has 8 rings (SSSR count). The predicted octanol–water partition coefficient (Wildman–Crippen LogP) is 3.10. The summed E-state index contributed by atoms with van der Waals surface area (Å²) in [5.41, 5.74) is 3.33. The van der Waals surface area contributed by atoms with Crippen LogP contribution < -0.4 is 91.1 Å². The number of benzene rings is 4. The maximum Gasteiger partial charge on any atom is 3.00 e. The van der Waals surface area contributed by atoms with E-state index in [0.717, 1.165) is 0 Å². The van der Waals surface area contributed by atoms with Crippen LogP contribution in [0.3, 0.4) is 0 Å². The number of nitrogens with one attached hydrogen (secondary N) is 2. The zero-order chi connectivity index (χ0) is 107. The predicted molar refractivity (Wildman–Crippen MR) is 498 cm³/mol. The molecule has 6 N–H and O–H groups in total. The summed E-state index contributed by atoms with van der Waals surface area (Å²) in [4.78, 5) is 98.9. The van der Waals surface area contributed by atoms with Crippen molar-refractivity contribution in [2.45, 2.75) is 160 Å². The van der Waals surface area contributed by atoms with Crippen molar-refractivity contribution < 1.29 is 299 Å². The van der Waals surface area contributed by atoms with Gasteiger partial charge in [0.25, 0.3) is 11.8 Å². The Hall–Kier alpha value is -7.86. The standard InChI is InChI=1S/4C15H15N3O4.6C5H10O2.2CHCl3.4Gd/c4*1-22-13-7-2-4-10(14(13)20)8-16-18-15(21)12-6-3-5-11(9-19)17-12;6*1-5(2,3)4(6)7;2*2-1(3)4;;;;/h4*2-8,19-20H,9H2,1H3,(H,18,21);6*1-3H3,(H,6,7);2*1H;;;;/q;;;;;;;;;;;;4*+3/p-12/b4*16-8+;;;;;;;;;;;;. The molecule has 40 nitrogen and oxygen atoms in total. The summed E-state index contributed by atoms with van der Waals surface area (Å²) in [6.45, 7) is 27.7. The van der Waals surface area contributed by atoms with Crippen molar-refractivity contribution in [3.63, 3.8) is 0 Å². The molecular weight excluding hydrogens is 2560 g/mol. The summed E-state index contributed by atoms with van der Waals surface area (Å²) in [5.74, 6) is -8.98. The number of para-hydroxylation sites is 4. The molecule has 780 valence electrons. The number of hydrogen-bond acceptors (Lipinski definition) is 38. The first-order chi connectivity index (χ1) is 63.7. The molecule has 4 radical (unpaired) electrons. The fraction of sp³-hybridized carbons (Fsp3) is 0.370. The number of halogens is 6. The maximum atomic E-state index is 11.9. The molecule has 0 saturated heterocycles. The van der Waals surface area contributed by atoms with Crippen LogP contribution in [0.15, 0.2) is 176 Å². The molecule has 0 bridgehead atoms. The topological polar surface area (TPSA) is 681 Å². The number of amides is 2. The number of rotatable bonds is 20. The molecule has 2 amide bonds. The number of carboxylic acid groups (broad SMARTS) is 6. The first-order valence-corrected chi connectivity index (χ1v) is 42.4. The first-order valence-electron chi connectivity index (χ1n) is 39.7. The normalized spacial score (nSPS) is 10.8. The molecule has 0 aliphatic carbocycles. The number of methoxy groups -OCH3 is 4. The Morgan fingerprint density at radius 2 is 0.472 bits per heavy atom. The molecule has 0 atom stereocenters. The summed E-state index contributed by atoms with van der Waals surface area (Å²) in [5, 5.41) is 188. The van der Waals surface area contributed by atoms with E-state index in [0.29, 0.717) is 22.8 Å². The van der Waals surface area contributed by atoms with Gasteiger partial charge in [0.1, 0.15) is 34.4 Å². The number of carbonyl (C=O) groups is 8. The summed E-state index contributed by atoms with van der Waals surface area (Å²) in [6, 6.07) is 37.6. The van der Waals surface area contributed by atoms with E-state index < -0.39 is 101 Å². The SMILES string of the molecule is CC(C)(C)C(=O)[O-].CC(C)(C)C(=O)[O-].CC(C)(C)C(=O)[O-].CC(C)(C)C(=O)[O-].CC(C)(C)C(=O)[O-].CC(C)(C)C(=O)[O-].COc1cccc(/C=N/N=C(\[O-])c2cccc(CO)n2)c1[O-].COc1cccc(/C=N/N=C(\[O-])c2cccc(CO)n2)c1[O-].COc1cccc(/C=N/NC(=O)c2cccc(CO)n2)c1[O-].COc1cccc(/C=N/NC(=O)c2cccc(CO)n2)c1[O-].ClC(Cl)Cl.ClC(Cl)Cl.[Gd+3].[Gd+3].[Gd+3].[Gd+3]. The van der Waals surface area contributed by atoms with Gasteiger partial charge in [-0.2, -0.15) is 30.6 Å². The molecule has 0 spiro atoms. The molecule has 4 aromatic carbocycles. The number of alkyl halides is 6. The van der Waals surface area contributed by atoms with Crippen LogP contribution in [0.4, 0.5) is 0 Å². The van der Waals surface area contributed by atoms with Gasteiger partial charge in [-0.05, 0) is 95.1 Å². The third-order valence-electron chi connectivity index (χ3n) is 14.8. The van der Waals surface area contributed by atoms with Gasteiger partial charge < -0.3 is 129 Å². The van der Waals surface area contributed by atoms with Gasteiger partial charge in [-0.3, -0.25) is 9.59 Å². The fourth-order valence-electron chi connectivity index (χ4n) is 6.77. The fourth-order valence-corrected chi connectivity index (χ4v) is 6.77. The van der Waals surface area contributed by atoms with Gasteiger partial charge >= 0.3 is 160 Å². The molecule has 0 unspecified atom stereocenters. The Bertz CT molecular complexity index is 4880. The van der Waals surface area contributed by atoms with Crippen molar-refractivity contribution in [2.24, 2.45) is 63.1 Å². The van der Waals surface area contributed by atoms with E-state index in [9.17, 15) is 99.6 Å². The van der Waals surface area contributed by atoms with Crippen LogP contribution in [0.2, 0.25) is 0 Å². The van der Waals surface area contributed by atoms with E-state index in [-0.39, 0.29) is 277 Å². The number of carbonyl (C=O) groups excluding carboxylic acids is 8. The van der Waals surface area contributed by atoms with Crippen LogP contribution in [0.5, 0.6) is 46.0 Å². The number of ether oxygens (including phenoxy) is 4. The van der Waals surface area contributed by atoms with Gasteiger partial charge in [0, 0.05) is 80.1 Å². The summed E-state index contributed by atoms with van der Waals surface area (Å²) < 4.78 is 18.1. The van der Waals surface area contributed by atoms with E-state index in [2.05, 4.69) is 61.4 Å². The average molecular weight is 2670 g/mol. The molecular formula is C92H110Cl6Gd4N12O28. The second kappa shape index (κ2) is 78.5. The Morgan fingerprint density at radius 3 is 0.641 bits per heavy atom. The van der Waals surface area contributed by atoms with E-state index in [4.69, 9.17) is 109 Å². The largest absolute Gasteiger partial charge is 3.00 e. The second-order valence-electron chi connectivity index (χ2n) is 32.6. The van der Waals surface area contributed by atoms with Crippen LogP contribution in [0.1, 0.15) is 202 Å². The average Bonchev–Trinajstić information content (AvgIpc) is 0.863. The summed E-state index contributed by atoms with van der Waals surface area (Å²) in [7, 11) is 5.59. The van der Waals surface area contributed by atoms with Crippen molar-refractivity contribution in [3.8, 4) is 46.0 Å². The summed E-state index contributed by atoms with van der Waals surface area (Å²) >= 11 is 28.8. The molecule has 4 heterocycles. The zero-order valence-electron chi connectivity index (χ0n) is 80.9. The zero-order valence-corrected chi connectivity index (χ0v) is 94.5. The molecule has 4 aromatic heterocycles. The number of hydrazone groups is 2. The number of aliphatic hydroxyl groups is 4. The number of nitrogens with zero attached hydrogens (tertiary/aromatic N) is 10. The van der Waals surface area contributed by atoms with E-state index in [1.807, 2.05) is 0 Å². The van der Waals surface area contributed by atoms with Crippen molar-refractivity contribution >= 4 is 154 Å². The smallest absolute Gasteiger partial charge is 0.870 e. The van der Waals surface area contributed by atoms with Crippen LogP contribution in [-0.4, -0.2) is 162 Å². The number of aliphatic hydroxyl groups excluding tert-OH is 4. The van der Waals surface area contributed by atoms with Crippen LogP contribution in [-0.2, 0) is 55.2 Å². The Morgan fingerprint density at radius 1 is 0.310 bits per heavy atom. The van der Waals surface area contributed by atoms with Gasteiger partial charge in [-0.25, -0.2) is 30.8 Å². The molecule has 50 heteroatoms. The number of hydrogen-bond donors (Lipinski definition) is 6. The number of pyridine rings is 4. The number of carboxylic acids is 6. The first kappa shape index (κ1) is 149. The van der Waals surface area contributed by atoms with Crippen LogP contribution in [0.25, 0.3) is 0 Å². The number of aromatic nitrogens is 4. The minimum Gasteiger partial charge on any atom is -0.870 e. The third-order valence-corrected chi connectivity index (χ3v) is 14.8. The molecule has 142 heavy (non-hydrogen) atoms. The van der Waals surface area contributed by atoms with Crippen LogP contribution in [0, 0.1) is 192 Å². The minimum atomic E-state index is -1.01. The minimum absolute atomic E-state index is 0. The molecule has 0 saturated carbocycles. The van der Waals surface area contributed by atoms with Gasteiger partial charge in [-0.15, -0.1) is 0 Å². The van der Waals surface area contributed by atoms with Gasteiger partial charge in [0.05, 0.1) is 114 Å². The molecule has 0 aliphatic heterocycles. The van der Waals surface area contributed by atoms with E-state index in [1.165, 1.54) is 89.7 Å². The van der Waals surface area contributed by atoms with Crippen molar-refractivity contribution in [1.82, 2.24) is 30.8 Å². The van der Waals surface area contributed by atoms with Gasteiger partial charge in [0.15, 0.2) is 8.59 Å². The third kappa shape index (κ3) is 70.0. The Balaban J connectivity index is -0.000000240. The van der Waals surface area contributed by atoms with E-state index in [1.54, 1.807) is 234 Å². The van der Waals surface area contributed by atoms with Crippen molar-refractivity contribution in [1.29, 1.82) is 0 Å². The Kier molecular flexibility index (Phi) is 82.6. The number of aliphatic carboxylic acids is 6. The quantitative estimate of drug-likeness (QED) is 0.0276. The van der Waals surface area contributed by atoms with Crippen molar-refractivity contribution in [2.75, 3.05) is 28.4 Å². The van der Waals surface area contributed by atoms with Crippen LogP contribution >= 0.6 is 69.6 Å². The molecule has 8 aromatic rings. The molecule has 0 fully saturated rings. The Labute approximate surface area is 982 Å². The van der Waals surface area contributed by atoms with E-state index >= 15 is 0 Å². The van der Waals surface area contributed by atoms with Gasteiger partial charge in [-0.1, -0.05) is 290 Å². The monoisotopic (exact) mass is 2670 g/mol. The van der Waals surface area contributed by atoms with Gasteiger partial charge in [0.2, 0.25) is 0 Å². The maximum absolute atomic E-state index is 11.9. The molecule has 0 aliphatic rings.